The molecule has 0 aliphatic heterocycles. The van der Waals surface area contributed by atoms with Crippen LogP contribution in [0.2, 0.25) is 0 Å². The maximum Gasteiger partial charge on any atom is 0.251 e. The molecule has 0 fully saturated rings. The molecule has 1 amide bonds. The fourth-order valence-electron chi connectivity index (χ4n) is 3.30. The zero-order valence-corrected chi connectivity index (χ0v) is 18.6. The van der Waals surface area contributed by atoms with Crippen molar-refractivity contribution in [1.29, 1.82) is 0 Å². The molecular formula is C24H22BrN3O3. The van der Waals surface area contributed by atoms with Gasteiger partial charge in [-0.3, -0.25) is 4.79 Å². The smallest absolute Gasteiger partial charge is 0.251 e. The van der Waals surface area contributed by atoms with Crippen molar-refractivity contribution in [3.63, 3.8) is 0 Å². The highest BCUT2D eigenvalue weighted by molar-refractivity contribution is 9.10. The van der Waals surface area contributed by atoms with Crippen molar-refractivity contribution in [2.45, 2.75) is 13.1 Å². The maximum atomic E-state index is 12.5. The van der Waals surface area contributed by atoms with Crippen molar-refractivity contribution < 1.29 is 14.3 Å². The van der Waals surface area contributed by atoms with Crippen LogP contribution in [0.15, 0.2) is 77.3 Å². The van der Waals surface area contributed by atoms with Gasteiger partial charge in [0.25, 0.3) is 5.91 Å². The minimum absolute atomic E-state index is 0.138. The van der Waals surface area contributed by atoms with Crippen LogP contribution >= 0.6 is 15.9 Å². The molecular weight excluding hydrogens is 458 g/mol. The third-order valence-electron chi connectivity index (χ3n) is 4.89. The summed E-state index contributed by atoms with van der Waals surface area (Å²) < 4.78 is 14.1. The predicted molar refractivity (Wildman–Crippen MR) is 124 cm³/mol. The fourth-order valence-corrected chi connectivity index (χ4v) is 3.56. The Bertz CT molecular complexity index is 1170. The number of amides is 1. The average Bonchev–Trinajstić information content (AvgIpc) is 3.16. The van der Waals surface area contributed by atoms with Crippen molar-refractivity contribution in [2.75, 3.05) is 13.7 Å². The van der Waals surface area contributed by atoms with Crippen molar-refractivity contribution in [1.82, 2.24) is 14.9 Å². The van der Waals surface area contributed by atoms with E-state index in [1.165, 1.54) is 0 Å². The van der Waals surface area contributed by atoms with Gasteiger partial charge in [-0.1, -0.05) is 28.1 Å². The minimum atomic E-state index is -0.138. The van der Waals surface area contributed by atoms with Crippen molar-refractivity contribution in [3.05, 3.63) is 88.7 Å². The quantitative estimate of drug-likeness (QED) is 0.393. The van der Waals surface area contributed by atoms with E-state index in [4.69, 9.17) is 14.5 Å². The van der Waals surface area contributed by atoms with Crippen molar-refractivity contribution >= 4 is 32.9 Å². The number of methoxy groups -OCH3 is 1. The molecule has 0 aliphatic rings. The van der Waals surface area contributed by atoms with E-state index in [2.05, 4.69) is 25.8 Å². The Hall–Kier alpha value is -3.32. The number of nitrogens with zero attached hydrogens (tertiary/aromatic N) is 2. The van der Waals surface area contributed by atoms with Gasteiger partial charge in [0.15, 0.2) is 0 Å². The van der Waals surface area contributed by atoms with Gasteiger partial charge in [0.05, 0.1) is 31.2 Å². The van der Waals surface area contributed by atoms with Gasteiger partial charge in [-0.2, -0.15) is 0 Å². The first-order valence-corrected chi connectivity index (χ1v) is 10.7. The summed E-state index contributed by atoms with van der Waals surface area (Å²) in [6, 6.07) is 22.7. The number of hydrogen-bond acceptors (Lipinski definition) is 4. The van der Waals surface area contributed by atoms with E-state index >= 15 is 0 Å². The molecule has 31 heavy (non-hydrogen) atoms. The van der Waals surface area contributed by atoms with Crippen LogP contribution in [0.25, 0.3) is 11.0 Å². The fraction of sp³-hybridized carbons (Fsp3) is 0.167. The number of imidazole rings is 1. The molecule has 7 heteroatoms. The Morgan fingerprint density at radius 2 is 1.71 bits per heavy atom. The highest BCUT2D eigenvalue weighted by Crippen LogP contribution is 2.19. The van der Waals surface area contributed by atoms with Gasteiger partial charge in [-0.05, 0) is 60.7 Å². The summed E-state index contributed by atoms with van der Waals surface area (Å²) in [6.45, 7) is 1.41. The molecule has 4 aromatic rings. The summed E-state index contributed by atoms with van der Waals surface area (Å²) in [5.74, 6) is 2.21. The number of hydrogen-bond donors (Lipinski definition) is 1. The summed E-state index contributed by atoms with van der Waals surface area (Å²) in [4.78, 5) is 17.2. The maximum absolute atomic E-state index is 12.5. The van der Waals surface area contributed by atoms with E-state index in [-0.39, 0.29) is 5.91 Å². The number of para-hydroxylation sites is 2. The summed E-state index contributed by atoms with van der Waals surface area (Å²) in [6.07, 6.45) is 0. The van der Waals surface area contributed by atoms with Crippen LogP contribution in [0.5, 0.6) is 11.5 Å². The molecule has 3 aromatic carbocycles. The average molecular weight is 480 g/mol. The van der Waals surface area contributed by atoms with Crippen molar-refractivity contribution in [2.24, 2.45) is 0 Å². The normalized spacial score (nSPS) is 10.8. The zero-order valence-electron chi connectivity index (χ0n) is 17.0. The summed E-state index contributed by atoms with van der Waals surface area (Å²) in [5.41, 5.74) is 2.50. The highest BCUT2D eigenvalue weighted by Gasteiger charge is 2.12. The van der Waals surface area contributed by atoms with Crippen LogP contribution in [0, 0.1) is 0 Å². The van der Waals surface area contributed by atoms with Gasteiger partial charge < -0.3 is 19.4 Å². The van der Waals surface area contributed by atoms with Gasteiger partial charge in [-0.15, -0.1) is 0 Å². The molecule has 0 saturated heterocycles. The van der Waals surface area contributed by atoms with E-state index in [1.54, 1.807) is 19.2 Å². The number of nitrogens with one attached hydrogen (secondary N) is 1. The largest absolute Gasteiger partial charge is 0.497 e. The van der Waals surface area contributed by atoms with E-state index < -0.39 is 0 Å². The molecule has 0 unspecified atom stereocenters. The minimum Gasteiger partial charge on any atom is -0.497 e. The van der Waals surface area contributed by atoms with Gasteiger partial charge >= 0.3 is 0 Å². The van der Waals surface area contributed by atoms with Crippen LogP contribution in [-0.2, 0) is 13.1 Å². The van der Waals surface area contributed by atoms with Crippen LogP contribution in [0.4, 0.5) is 0 Å². The lowest BCUT2D eigenvalue weighted by molar-refractivity contribution is 0.0949. The SMILES string of the molecule is COc1ccc(OCCn2c(CNC(=O)c3ccc(Br)cc3)nc3ccccc32)cc1. The molecule has 0 radical (unpaired) electrons. The number of benzene rings is 3. The number of rotatable bonds is 8. The molecule has 1 N–H and O–H groups in total. The second-order valence-electron chi connectivity index (χ2n) is 6.88. The Morgan fingerprint density at radius 3 is 2.45 bits per heavy atom. The number of carbonyl (C=O) groups excluding carboxylic acids is 1. The summed E-state index contributed by atoms with van der Waals surface area (Å²) in [7, 11) is 1.64. The second kappa shape index (κ2) is 9.66. The lowest BCUT2D eigenvalue weighted by atomic mass is 10.2. The molecule has 0 bridgehead atoms. The van der Waals surface area contributed by atoms with Crippen LogP contribution in [0.1, 0.15) is 16.2 Å². The molecule has 1 heterocycles. The molecule has 1 aromatic heterocycles. The van der Waals surface area contributed by atoms with E-state index in [0.717, 1.165) is 32.8 Å². The van der Waals surface area contributed by atoms with Gasteiger partial charge in [0.2, 0.25) is 0 Å². The Morgan fingerprint density at radius 1 is 1.00 bits per heavy atom. The molecule has 0 spiro atoms. The molecule has 0 aliphatic carbocycles. The monoisotopic (exact) mass is 479 g/mol. The molecule has 158 valence electrons. The lowest BCUT2D eigenvalue weighted by Gasteiger charge is -2.12. The number of ether oxygens (including phenoxy) is 2. The van der Waals surface area contributed by atoms with E-state index in [0.29, 0.717) is 25.3 Å². The third kappa shape index (κ3) is 5.06. The highest BCUT2D eigenvalue weighted by atomic mass is 79.9. The predicted octanol–water partition coefficient (Wildman–Crippen LogP) is 4.82. The number of fused-ring (bicyclic) bond motifs is 1. The molecule has 4 rings (SSSR count). The summed E-state index contributed by atoms with van der Waals surface area (Å²) >= 11 is 3.38. The Balaban J connectivity index is 1.46. The van der Waals surface area contributed by atoms with Gasteiger partial charge in [0, 0.05) is 10.0 Å². The molecule has 6 nitrogen and oxygen atoms in total. The van der Waals surface area contributed by atoms with Gasteiger partial charge in [-0.25, -0.2) is 4.98 Å². The Labute approximate surface area is 188 Å². The second-order valence-corrected chi connectivity index (χ2v) is 7.80. The zero-order chi connectivity index (χ0) is 21.6. The topological polar surface area (TPSA) is 65.4 Å². The molecule has 0 atom stereocenters. The summed E-state index contributed by atoms with van der Waals surface area (Å²) in [5, 5.41) is 2.96. The first-order valence-electron chi connectivity index (χ1n) is 9.89. The first kappa shape index (κ1) is 20.9. The van der Waals surface area contributed by atoms with Crippen LogP contribution in [0.3, 0.4) is 0 Å². The van der Waals surface area contributed by atoms with E-state index in [9.17, 15) is 4.79 Å². The van der Waals surface area contributed by atoms with Crippen molar-refractivity contribution in [3.8, 4) is 11.5 Å². The lowest BCUT2D eigenvalue weighted by Crippen LogP contribution is -2.25. The third-order valence-corrected chi connectivity index (χ3v) is 5.42. The van der Waals surface area contributed by atoms with Crippen LogP contribution < -0.4 is 14.8 Å². The van der Waals surface area contributed by atoms with Gasteiger partial charge in [0.1, 0.15) is 23.9 Å². The van der Waals surface area contributed by atoms with Crippen LogP contribution in [-0.4, -0.2) is 29.2 Å². The number of carbonyl (C=O) groups is 1. The van der Waals surface area contributed by atoms with E-state index in [1.807, 2.05) is 60.7 Å². The standard InChI is InChI=1S/C24H22BrN3O3/c1-30-19-10-12-20(13-11-19)31-15-14-28-22-5-3-2-4-21(22)27-23(28)16-26-24(29)17-6-8-18(25)9-7-17/h2-13H,14-16H2,1H3,(H,26,29). The number of aromatic nitrogens is 2. The molecule has 0 saturated carbocycles. The number of halogens is 1. The Kier molecular flexibility index (Phi) is 6.52. The first-order chi connectivity index (χ1) is 15.1.